The summed E-state index contributed by atoms with van der Waals surface area (Å²) in [5, 5.41) is 2.51. The number of alkyl halides is 3. The van der Waals surface area contributed by atoms with Crippen LogP contribution < -0.4 is 5.32 Å². The van der Waals surface area contributed by atoms with E-state index >= 15 is 0 Å². The van der Waals surface area contributed by atoms with E-state index in [1.165, 1.54) is 19.1 Å². The Morgan fingerprint density at radius 2 is 1.69 bits per heavy atom. The van der Waals surface area contributed by atoms with Crippen LogP contribution in [0.15, 0.2) is 36.4 Å². The van der Waals surface area contributed by atoms with Crippen molar-refractivity contribution in [2.45, 2.75) is 13.1 Å². The lowest BCUT2D eigenvalue weighted by Gasteiger charge is -2.10. The van der Waals surface area contributed by atoms with Crippen LogP contribution in [0.3, 0.4) is 0 Å². The number of nitrogens with zero attached hydrogens (tertiary/aromatic N) is 2. The fraction of sp³-hybridized carbons (Fsp3) is 0.118. The summed E-state index contributed by atoms with van der Waals surface area (Å²) in [7, 11) is 0. The first-order chi connectivity index (χ1) is 12.2. The van der Waals surface area contributed by atoms with Crippen LogP contribution in [0.5, 0.6) is 0 Å². The summed E-state index contributed by atoms with van der Waals surface area (Å²) in [6, 6.07) is 6.52. The molecular weight excluding hydrogens is 357 g/mol. The van der Waals surface area contributed by atoms with Crippen molar-refractivity contribution < 1.29 is 26.7 Å². The van der Waals surface area contributed by atoms with Gasteiger partial charge < -0.3 is 5.32 Å². The molecule has 3 rings (SSSR count). The number of anilines is 1. The summed E-state index contributed by atoms with van der Waals surface area (Å²) in [6.07, 6.45) is -4.66. The van der Waals surface area contributed by atoms with E-state index in [9.17, 15) is 26.7 Å². The van der Waals surface area contributed by atoms with Crippen molar-refractivity contribution in [3.63, 3.8) is 0 Å². The van der Waals surface area contributed by atoms with Gasteiger partial charge >= 0.3 is 6.18 Å². The van der Waals surface area contributed by atoms with E-state index in [-0.39, 0.29) is 11.5 Å². The van der Waals surface area contributed by atoms with Gasteiger partial charge in [0.2, 0.25) is 0 Å². The standard InChI is InChI=1S/C17H10F5N3O/c1-8-7-12(17(20,21)22)23-15-9(8)5-6-13(24-15)25-16(26)14-10(18)3-2-4-11(14)19/h2-7H,1H3,(H,23,24,25,26). The number of hydrogen-bond acceptors (Lipinski definition) is 3. The number of pyridine rings is 2. The molecule has 26 heavy (non-hydrogen) atoms. The third kappa shape index (κ3) is 3.32. The highest BCUT2D eigenvalue weighted by Gasteiger charge is 2.33. The van der Waals surface area contributed by atoms with Crippen molar-refractivity contribution in [1.29, 1.82) is 0 Å². The summed E-state index contributed by atoms with van der Waals surface area (Å²) < 4.78 is 65.9. The molecule has 4 nitrogen and oxygen atoms in total. The first-order valence-electron chi connectivity index (χ1n) is 7.28. The highest BCUT2D eigenvalue weighted by Crippen LogP contribution is 2.30. The average Bonchev–Trinajstić information content (AvgIpc) is 2.53. The summed E-state index contributed by atoms with van der Waals surface area (Å²) >= 11 is 0. The molecule has 134 valence electrons. The molecule has 0 atom stereocenters. The van der Waals surface area contributed by atoms with Gasteiger partial charge in [-0.3, -0.25) is 4.79 Å². The van der Waals surface area contributed by atoms with Gasteiger partial charge in [0.05, 0.1) is 0 Å². The minimum atomic E-state index is -4.66. The maximum atomic E-state index is 13.6. The molecule has 0 saturated heterocycles. The Morgan fingerprint density at radius 3 is 2.31 bits per heavy atom. The van der Waals surface area contributed by atoms with Crippen LogP contribution >= 0.6 is 0 Å². The molecule has 0 aliphatic heterocycles. The zero-order valence-corrected chi connectivity index (χ0v) is 13.2. The molecule has 1 amide bonds. The Labute approximate surface area is 143 Å². The zero-order chi connectivity index (χ0) is 19.1. The number of amides is 1. The molecule has 0 bridgehead atoms. The van der Waals surface area contributed by atoms with E-state index in [1.54, 1.807) is 0 Å². The lowest BCUT2D eigenvalue weighted by atomic mass is 10.1. The van der Waals surface area contributed by atoms with E-state index in [1.807, 2.05) is 0 Å². The Balaban J connectivity index is 2.00. The largest absolute Gasteiger partial charge is 0.433 e. The first kappa shape index (κ1) is 17.7. The number of aromatic nitrogens is 2. The fourth-order valence-electron chi connectivity index (χ4n) is 2.38. The van der Waals surface area contributed by atoms with Crippen molar-refractivity contribution in [3.05, 3.63) is 64.9 Å². The summed E-state index contributed by atoms with van der Waals surface area (Å²) in [5.74, 6) is -3.44. The van der Waals surface area contributed by atoms with Gasteiger partial charge in [-0.15, -0.1) is 0 Å². The molecule has 1 N–H and O–H groups in total. The Hall–Kier alpha value is -3.10. The first-order valence-corrected chi connectivity index (χ1v) is 7.28. The molecule has 1 aromatic carbocycles. The number of benzene rings is 1. The average molecular weight is 367 g/mol. The van der Waals surface area contributed by atoms with Gasteiger partial charge in [0.1, 0.15) is 28.7 Å². The van der Waals surface area contributed by atoms with Crippen LogP contribution in [0.25, 0.3) is 11.0 Å². The number of hydrogen-bond donors (Lipinski definition) is 1. The molecule has 0 spiro atoms. The molecule has 2 aromatic heterocycles. The summed E-state index contributed by atoms with van der Waals surface area (Å²) in [5.41, 5.74) is -1.89. The van der Waals surface area contributed by atoms with E-state index < -0.39 is 35.0 Å². The predicted molar refractivity (Wildman–Crippen MR) is 83.6 cm³/mol. The van der Waals surface area contributed by atoms with E-state index in [0.717, 1.165) is 24.3 Å². The van der Waals surface area contributed by atoms with Gasteiger partial charge in [-0.25, -0.2) is 18.7 Å². The van der Waals surface area contributed by atoms with Crippen molar-refractivity contribution in [3.8, 4) is 0 Å². The highest BCUT2D eigenvalue weighted by atomic mass is 19.4. The molecular formula is C17H10F5N3O. The third-order valence-electron chi connectivity index (χ3n) is 3.60. The molecule has 9 heteroatoms. The lowest BCUT2D eigenvalue weighted by Crippen LogP contribution is -2.17. The second-order valence-corrected chi connectivity index (χ2v) is 5.44. The predicted octanol–water partition coefficient (Wildman–Crippen LogP) is 4.49. The van der Waals surface area contributed by atoms with Crippen LogP contribution in [-0.4, -0.2) is 15.9 Å². The molecule has 0 unspecified atom stereocenters. The van der Waals surface area contributed by atoms with Crippen molar-refractivity contribution in [2.24, 2.45) is 0 Å². The smallest absolute Gasteiger partial charge is 0.306 e. The number of nitrogens with one attached hydrogen (secondary N) is 1. The van der Waals surface area contributed by atoms with Gasteiger partial charge in [0.15, 0.2) is 5.65 Å². The number of carbonyl (C=O) groups excluding carboxylic acids is 1. The quantitative estimate of drug-likeness (QED) is 0.679. The zero-order valence-electron chi connectivity index (χ0n) is 13.2. The van der Waals surface area contributed by atoms with Gasteiger partial charge in [-0.05, 0) is 42.8 Å². The monoisotopic (exact) mass is 367 g/mol. The normalized spacial score (nSPS) is 11.6. The van der Waals surface area contributed by atoms with Gasteiger partial charge in [-0.2, -0.15) is 13.2 Å². The van der Waals surface area contributed by atoms with Crippen LogP contribution in [0.2, 0.25) is 0 Å². The number of carbonyl (C=O) groups is 1. The van der Waals surface area contributed by atoms with Crippen LogP contribution in [-0.2, 0) is 6.18 Å². The summed E-state index contributed by atoms with van der Waals surface area (Å²) in [4.78, 5) is 19.3. The van der Waals surface area contributed by atoms with E-state index in [0.29, 0.717) is 10.9 Å². The number of rotatable bonds is 2. The molecule has 2 heterocycles. The number of fused-ring (bicyclic) bond motifs is 1. The summed E-state index contributed by atoms with van der Waals surface area (Å²) in [6.45, 7) is 1.47. The maximum Gasteiger partial charge on any atom is 0.433 e. The minimum absolute atomic E-state index is 0.184. The molecule has 0 fully saturated rings. The highest BCUT2D eigenvalue weighted by molar-refractivity contribution is 6.04. The van der Waals surface area contributed by atoms with Crippen molar-refractivity contribution in [2.75, 3.05) is 5.32 Å². The lowest BCUT2D eigenvalue weighted by molar-refractivity contribution is -0.141. The van der Waals surface area contributed by atoms with E-state index in [2.05, 4.69) is 15.3 Å². The van der Waals surface area contributed by atoms with Crippen molar-refractivity contribution >= 4 is 22.8 Å². The fourth-order valence-corrected chi connectivity index (χ4v) is 2.38. The Bertz CT molecular complexity index is 997. The minimum Gasteiger partial charge on any atom is -0.306 e. The molecule has 0 radical (unpaired) electrons. The second-order valence-electron chi connectivity index (χ2n) is 5.44. The number of halogens is 5. The SMILES string of the molecule is Cc1cc(C(F)(F)F)nc2nc(NC(=O)c3c(F)cccc3F)ccc12. The number of aryl methyl sites for hydroxylation is 1. The Morgan fingerprint density at radius 1 is 1.04 bits per heavy atom. The Kier molecular flexibility index (Phi) is 4.31. The van der Waals surface area contributed by atoms with Gasteiger partial charge in [-0.1, -0.05) is 6.07 Å². The van der Waals surface area contributed by atoms with Crippen LogP contribution in [0.4, 0.5) is 27.8 Å². The van der Waals surface area contributed by atoms with Gasteiger partial charge in [0.25, 0.3) is 5.91 Å². The maximum absolute atomic E-state index is 13.6. The second kappa shape index (κ2) is 6.32. The van der Waals surface area contributed by atoms with Crippen LogP contribution in [0.1, 0.15) is 21.6 Å². The molecule has 0 saturated carbocycles. The van der Waals surface area contributed by atoms with Crippen LogP contribution in [0, 0.1) is 18.6 Å². The molecule has 0 aliphatic carbocycles. The molecule has 0 aliphatic rings. The topological polar surface area (TPSA) is 54.9 Å². The molecule has 3 aromatic rings. The van der Waals surface area contributed by atoms with Crippen molar-refractivity contribution in [1.82, 2.24) is 9.97 Å². The third-order valence-corrected chi connectivity index (χ3v) is 3.60. The van der Waals surface area contributed by atoms with E-state index in [4.69, 9.17) is 0 Å². The van der Waals surface area contributed by atoms with Gasteiger partial charge in [0, 0.05) is 5.39 Å².